The molecule has 0 N–H and O–H groups in total. The van der Waals surface area contributed by atoms with Gasteiger partial charge in [-0.1, -0.05) is 15.9 Å². The van der Waals surface area contributed by atoms with Crippen LogP contribution in [0.4, 0.5) is 0 Å². The van der Waals surface area contributed by atoms with E-state index in [9.17, 15) is 0 Å². The lowest BCUT2D eigenvalue weighted by Crippen LogP contribution is -2.04. The Hall–Kier alpha value is 1.57. The molecule has 15 heavy (non-hydrogen) atoms. The van der Waals surface area contributed by atoms with Gasteiger partial charge in [0, 0.05) is 18.7 Å². The monoisotopic (exact) mass is 478 g/mol. The van der Waals surface area contributed by atoms with Gasteiger partial charge in [0.05, 0.1) is 0 Å². The molecular formula is C10H11Br4P. The van der Waals surface area contributed by atoms with Gasteiger partial charge in [-0.05, 0) is 84.0 Å². The maximum absolute atomic E-state index is 3.63. The van der Waals surface area contributed by atoms with Crippen LogP contribution in [-0.2, 0) is 6.42 Å². The fourth-order valence-corrected chi connectivity index (χ4v) is 4.31. The molecule has 5 heteroatoms. The van der Waals surface area contributed by atoms with Crippen LogP contribution in [-0.4, -0.2) is 5.33 Å². The molecule has 0 aliphatic rings. The Kier molecular flexibility index (Phi) is 6.93. The van der Waals surface area contributed by atoms with E-state index in [4.69, 9.17) is 0 Å². The van der Waals surface area contributed by atoms with Crippen LogP contribution in [0.2, 0.25) is 0 Å². The zero-order valence-electron chi connectivity index (χ0n) is 7.99. The third-order valence-electron chi connectivity index (χ3n) is 2.11. The highest BCUT2D eigenvalue weighted by atomic mass is 79.9. The Morgan fingerprint density at radius 2 is 1.73 bits per heavy atom. The molecule has 0 aliphatic heterocycles. The zero-order chi connectivity index (χ0) is 11.4. The van der Waals surface area contributed by atoms with E-state index in [2.05, 4.69) is 79.0 Å². The van der Waals surface area contributed by atoms with Crippen molar-refractivity contribution >= 4 is 78.3 Å². The molecule has 1 rings (SSSR count). The number of benzene rings is 1. The van der Waals surface area contributed by atoms with Crippen molar-refractivity contribution in [1.82, 2.24) is 0 Å². The fourth-order valence-electron chi connectivity index (χ4n) is 1.30. The topological polar surface area (TPSA) is 0 Å². The summed E-state index contributed by atoms with van der Waals surface area (Å²) in [5.41, 5.74) is 1.37. The summed E-state index contributed by atoms with van der Waals surface area (Å²) in [6.07, 6.45) is 3.53. The normalized spacial score (nSPS) is 10.7. The standard InChI is InChI=1S/C10H11Br4P/c11-4-2-1-3-6-8(15)5-7(12)10(14)9(6)13/h5H,1-4,15H2. The predicted molar refractivity (Wildman–Crippen MR) is 85.6 cm³/mol. The molecule has 0 fully saturated rings. The summed E-state index contributed by atoms with van der Waals surface area (Å²) in [7, 11) is 2.80. The lowest BCUT2D eigenvalue weighted by atomic mass is 10.1. The molecule has 0 radical (unpaired) electrons. The number of rotatable bonds is 4. The summed E-state index contributed by atoms with van der Waals surface area (Å²) in [5.74, 6) is 0. The molecule has 0 aromatic heterocycles. The summed E-state index contributed by atoms with van der Waals surface area (Å²) in [6, 6.07) is 2.13. The van der Waals surface area contributed by atoms with Crippen molar-refractivity contribution in [1.29, 1.82) is 0 Å². The summed E-state index contributed by atoms with van der Waals surface area (Å²) in [6.45, 7) is 0. The number of halogens is 4. The first-order chi connectivity index (χ1) is 7.07. The third-order valence-corrected chi connectivity index (χ3v) is 6.57. The molecule has 0 nitrogen and oxygen atoms in total. The first-order valence-corrected chi connectivity index (χ1v) is 8.63. The van der Waals surface area contributed by atoms with Gasteiger partial charge >= 0.3 is 0 Å². The van der Waals surface area contributed by atoms with Crippen LogP contribution < -0.4 is 5.30 Å². The largest absolute Gasteiger partial charge is 0.105 e. The highest BCUT2D eigenvalue weighted by Crippen LogP contribution is 2.34. The van der Waals surface area contributed by atoms with E-state index in [1.807, 2.05) is 0 Å². The first kappa shape index (κ1) is 14.6. The Bertz CT molecular complexity index is 352. The second-order valence-corrected chi connectivity index (χ2v) is 7.06. The van der Waals surface area contributed by atoms with Gasteiger partial charge in [-0.2, -0.15) is 0 Å². The summed E-state index contributed by atoms with van der Waals surface area (Å²) < 4.78 is 3.35. The molecule has 84 valence electrons. The number of unbranched alkanes of at least 4 members (excludes halogenated alkanes) is 1. The van der Waals surface area contributed by atoms with Crippen molar-refractivity contribution in [2.24, 2.45) is 0 Å². The molecule has 1 atom stereocenters. The lowest BCUT2D eigenvalue weighted by molar-refractivity contribution is 0.806. The van der Waals surface area contributed by atoms with Gasteiger partial charge in [0.15, 0.2) is 0 Å². The van der Waals surface area contributed by atoms with Crippen LogP contribution in [0, 0.1) is 0 Å². The maximum atomic E-state index is 3.63. The minimum absolute atomic E-state index is 1.08. The van der Waals surface area contributed by atoms with Gasteiger partial charge in [0.1, 0.15) is 0 Å². The minimum Gasteiger partial charge on any atom is -0.105 e. The van der Waals surface area contributed by atoms with Crippen LogP contribution >= 0.6 is 73.0 Å². The van der Waals surface area contributed by atoms with Crippen molar-refractivity contribution in [3.63, 3.8) is 0 Å². The Morgan fingerprint density at radius 1 is 1.07 bits per heavy atom. The van der Waals surface area contributed by atoms with Crippen LogP contribution in [0.1, 0.15) is 18.4 Å². The zero-order valence-corrected chi connectivity index (χ0v) is 15.5. The Labute approximate surface area is 127 Å². The van der Waals surface area contributed by atoms with Crippen molar-refractivity contribution in [2.45, 2.75) is 19.3 Å². The molecule has 0 saturated carbocycles. The molecule has 1 aromatic rings. The molecule has 0 aliphatic carbocycles. The van der Waals surface area contributed by atoms with E-state index in [0.717, 1.165) is 25.2 Å². The maximum Gasteiger partial charge on any atom is 0.0462 e. The van der Waals surface area contributed by atoms with Gasteiger partial charge in [0.2, 0.25) is 0 Å². The molecular weight excluding hydrogens is 471 g/mol. The van der Waals surface area contributed by atoms with E-state index in [-0.39, 0.29) is 0 Å². The van der Waals surface area contributed by atoms with E-state index in [0.29, 0.717) is 0 Å². The number of alkyl halides is 1. The third kappa shape index (κ3) is 4.06. The highest BCUT2D eigenvalue weighted by molar-refractivity contribution is 9.14. The van der Waals surface area contributed by atoms with Crippen LogP contribution in [0.25, 0.3) is 0 Å². The summed E-state index contributed by atoms with van der Waals surface area (Å²) >= 11 is 14.2. The van der Waals surface area contributed by atoms with Crippen LogP contribution in [0.3, 0.4) is 0 Å². The SMILES string of the molecule is Pc1cc(Br)c(Br)c(Br)c1CCCCBr. The quantitative estimate of drug-likeness (QED) is 0.240. The van der Waals surface area contributed by atoms with E-state index < -0.39 is 0 Å². The molecule has 1 unspecified atom stereocenters. The van der Waals surface area contributed by atoms with E-state index in [1.165, 1.54) is 23.7 Å². The van der Waals surface area contributed by atoms with Crippen molar-refractivity contribution in [3.05, 3.63) is 25.0 Å². The molecule has 0 saturated heterocycles. The van der Waals surface area contributed by atoms with Crippen LogP contribution in [0.15, 0.2) is 19.5 Å². The van der Waals surface area contributed by atoms with Crippen LogP contribution in [0.5, 0.6) is 0 Å². The molecule has 1 aromatic carbocycles. The van der Waals surface area contributed by atoms with Gasteiger partial charge in [-0.3, -0.25) is 0 Å². The second kappa shape index (κ2) is 7.10. The average Bonchev–Trinajstić information content (AvgIpc) is 2.20. The minimum atomic E-state index is 1.08. The highest BCUT2D eigenvalue weighted by Gasteiger charge is 2.10. The van der Waals surface area contributed by atoms with Gasteiger partial charge in [-0.25, -0.2) is 0 Å². The summed E-state index contributed by atoms with van der Waals surface area (Å²) in [4.78, 5) is 0. The Morgan fingerprint density at radius 3 is 2.33 bits per heavy atom. The van der Waals surface area contributed by atoms with E-state index in [1.54, 1.807) is 0 Å². The predicted octanol–water partition coefficient (Wildman–Crippen LogP) is 5.19. The number of hydrogen-bond acceptors (Lipinski definition) is 0. The van der Waals surface area contributed by atoms with Gasteiger partial charge in [0.25, 0.3) is 0 Å². The average molecular weight is 482 g/mol. The molecule has 0 spiro atoms. The van der Waals surface area contributed by atoms with Crippen molar-refractivity contribution < 1.29 is 0 Å². The van der Waals surface area contributed by atoms with Crippen molar-refractivity contribution in [3.8, 4) is 0 Å². The lowest BCUT2D eigenvalue weighted by Gasteiger charge is -2.11. The second-order valence-electron chi connectivity index (χ2n) is 3.20. The van der Waals surface area contributed by atoms with E-state index >= 15 is 0 Å². The fraction of sp³-hybridized carbons (Fsp3) is 0.400. The smallest absolute Gasteiger partial charge is 0.0462 e. The molecule has 0 bridgehead atoms. The van der Waals surface area contributed by atoms with Crippen molar-refractivity contribution in [2.75, 3.05) is 5.33 Å². The summed E-state index contributed by atoms with van der Waals surface area (Å²) in [5, 5.41) is 2.33. The molecule has 0 heterocycles. The molecule has 0 amide bonds. The first-order valence-electron chi connectivity index (χ1n) is 4.55. The Balaban J connectivity index is 2.92. The van der Waals surface area contributed by atoms with Gasteiger partial charge in [-0.15, -0.1) is 9.24 Å². The van der Waals surface area contributed by atoms with Gasteiger partial charge < -0.3 is 0 Å². The number of hydrogen-bond donors (Lipinski definition) is 0.